The third-order valence-corrected chi connectivity index (χ3v) is 3.54. The van der Waals surface area contributed by atoms with Gasteiger partial charge in [-0.25, -0.2) is 0 Å². The van der Waals surface area contributed by atoms with Crippen LogP contribution in [-0.2, 0) is 0 Å². The van der Waals surface area contributed by atoms with Crippen molar-refractivity contribution in [3.63, 3.8) is 0 Å². The molecule has 0 saturated heterocycles. The highest BCUT2D eigenvalue weighted by molar-refractivity contribution is 5.99. The Kier molecular flexibility index (Phi) is 5.99. The van der Waals surface area contributed by atoms with Crippen LogP contribution in [-0.4, -0.2) is 24.0 Å². The summed E-state index contributed by atoms with van der Waals surface area (Å²) >= 11 is 0. The first-order valence-corrected chi connectivity index (χ1v) is 7.38. The van der Waals surface area contributed by atoms with Gasteiger partial charge in [-0.15, -0.1) is 0 Å². The van der Waals surface area contributed by atoms with Gasteiger partial charge in [-0.3, -0.25) is 9.78 Å². The maximum absolute atomic E-state index is 12.3. The summed E-state index contributed by atoms with van der Waals surface area (Å²) < 4.78 is 0. The fourth-order valence-corrected chi connectivity index (χ4v) is 1.69. The van der Waals surface area contributed by atoms with E-state index in [1.807, 2.05) is 13.0 Å². The second-order valence-corrected chi connectivity index (χ2v) is 6.00. The number of carbonyl (C=O) groups excluding carboxylic acids is 1. The molecule has 0 aliphatic carbocycles. The quantitative estimate of drug-likeness (QED) is 0.803. The van der Waals surface area contributed by atoms with Gasteiger partial charge in [0, 0.05) is 25.0 Å². The molecule has 0 aromatic carbocycles. The summed E-state index contributed by atoms with van der Waals surface area (Å²) in [6, 6.07) is 1.93. The van der Waals surface area contributed by atoms with Gasteiger partial charge >= 0.3 is 0 Å². The maximum atomic E-state index is 12.3. The topological polar surface area (TPSA) is 54.0 Å². The third kappa shape index (κ3) is 4.83. The fraction of sp³-hybridized carbons (Fsp3) is 0.625. The molecule has 20 heavy (non-hydrogen) atoms. The number of nitrogens with one attached hydrogen (secondary N) is 2. The first kappa shape index (κ1) is 16.5. The van der Waals surface area contributed by atoms with Crippen LogP contribution in [0, 0.1) is 12.3 Å². The molecule has 1 heterocycles. The highest BCUT2D eigenvalue weighted by atomic mass is 16.1. The van der Waals surface area contributed by atoms with Gasteiger partial charge in [-0.1, -0.05) is 27.7 Å². The van der Waals surface area contributed by atoms with Crippen molar-refractivity contribution in [3.8, 4) is 0 Å². The normalized spacial score (nSPS) is 11.2. The van der Waals surface area contributed by atoms with Crippen molar-refractivity contribution < 1.29 is 4.79 Å². The number of carbonyl (C=O) groups is 1. The van der Waals surface area contributed by atoms with Gasteiger partial charge in [-0.05, 0) is 31.2 Å². The van der Waals surface area contributed by atoms with E-state index >= 15 is 0 Å². The number of aromatic nitrogens is 1. The molecule has 1 aromatic rings. The Morgan fingerprint density at radius 2 is 2.05 bits per heavy atom. The van der Waals surface area contributed by atoms with Crippen LogP contribution >= 0.6 is 0 Å². The summed E-state index contributed by atoms with van der Waals surface area (Å²) in [5.41, 5.74) is 2.52. The van der Waals surface area contributed by atoms with E-state index in [-0.39, 0.29) is 11.3 Å². The van der Waals surface area contributed by atoms with Gasteiger partial charge in [0.1, 0.15) is 0 Å². The second kappa shape index (κ2) is 7.27. The van der Waals surface area contributed by atoms with Crippen LogP contribution in [0.2, 0.25) is 0 Å². The number of aryl methyl sites for hydroxylation is 1. The molecule has 0 fully saturated rings. The summed E-state index contributed by atoms with van der Waals surface area (Å²) in [7, 11) is 0. The molecule has 0 radical (unpaired) electrons. The number of anilines is 1. The molecule has 4 heteroatoms. The summed E-state index contributed by atoms with van der Waals surface area (Å²) in [6.07, 6.45) is 3.70. The largest absolute Gasteiger partial charge is 0.384 e. The maximum Gasteiger partial charge on any atom is 0.254 e. The van der Waals surface area contributed by atoms with Crippen LogP contribution in [0.3, 0.4) is 0 Å². The number of nitrogens with zero attached hydrogens (tertiary/aromatic N) is 1. The minimum atomic E-state index is -0.0578. The molecule has 0 unspecified atom stereocenters. The summed E-state index contributed by atoms with van der Waals surface area (Å²) in [5.74, 6) is -0.0578. The average Bonchev–Trinajstić information content (AvgIpc) is 2.42. The van der Waals surface area contributed by atoms with Crippen molar-refractivity contribution in [1.82, 2.24) is 10.3 Å². The highest BCUT2D eigenvalue weighted by Crippen LogP contribution is 2.19. The smallest absolute Gasteiger partial charge is 0.254 e. The predicted octanol–water partition coefficient (Wildman–Crippen LogP) is 3.38. The number of pyridine rings is 1. The Morgan fingerprint density at radius 3 is 2.65 bits per heavy atom. The van der Waals surface area contributed by atoms with Gasteiger partial charge in [-0.2, -0.15) is 0 Å². The highest BCUT2D eigenvalue weighted by Gasteiger charge is 2.18. The van der Waals surface area contributed by atoms with E-state index in [1.54, 1.807) is 6.20 Å². The Hall–Kier alpha value is -1.58. The SMILES string of the molecule is CCCNc1cc(C)ncc1C(=O)NCC(C)(C)CC. The fourth-order valence-electron chi connectivity index (χ4n) is 1.69. The van der Waals surface area contributed by atoms with Crippen molar-refractivity contribution in [1.29, 1.82) is 0 Å². The van der Waals surface area contributed by atoms with Gasteiger partial charge in [0.05, 0.1) is 11.3 Å². The zero-order valence-electron chi connectivity index (χ0n) is 13.3. The lowest BCUT2D eigenvalue weighted by Crippen LogP contribution is -2.34. The lowest BCUT2D eigenvalue weighted by atomic mass is 9.90. The molecule has 0 aliphatic heterocycles. The minimum Gasteiger partial charge on any atom is -0.384 e. The second-order valence-electron chi connectivity index (χ2n) is 6.00. The Morgan fingerprint density at radius 1 is 1.35 bits per heavy atom. The Balaban J connectivity index is 2.81. The van der Waals surface area contributed by atoms with Crippen molar-refractivity contribution >= 4 is 11.6 Å². The van der Waals surface area contributed by atoms with E-state index in [0.717, 1.165) is 30.8 Å². The number of hydrogen-bond donors (Lipinski definition) is 2. The zero-order chi connectivity index (χ0) is 15.2. The molecule has 4 nitrogen and oxygen atoms in total. The van der Waals surface area contributed by atoms with Crippen LogP contribution in [0.15, 0.2) is 12.3 Å². The molecular weight excluding hydrogens is 250 g/mol. The summed E-state index contributed by atoms with van der Waals surface area (Å²) in [4.78, 5) is 16.5. The van der Waals surface area contributed by atoms with Crippen molar-refractivity contribution in [3.05, 3.63) is 23.5 Å². The molecule has 1 aromatic heterocycles. The number of amides is 1. The minimum absolute atomic E-state index is 0.0578. The van der Waals surface area contributed by atoms with E-state index in [0.29, 0.717) is 12.1 Å². The standard InChI is InChI=1S/C16H27N3O/c1-6-8-17-14-9-12(3)18-10-13(14)15(20)19-11-16(4,5)7-2/h9-10H,6-8,11H2,1-5H3,(H,17,18)(H,19,20). The molecule has 2 N–H and O–H groups in total. The zero-order valence-corrected chi connectivity index (χ0v) is 13.3. The first-order valence-electron chi connectivity index (χ1n) is 7.38. The molecular formula is C16H27N3O. The molecule has 1 rings (SSSR count). The van der Waals surface area contributed by atoms with Gasteiger partial charge < -0.3 is 10.6 Å². The third-order valence-electron chi connectivity index (χ3n) is 3.54. The van der Waals surface area contributed by atoms with Crippen LogP contribution < -0.4 is 10.6 Å². The molecule has 0 spiro atoms. The monoisotopic (exact) mass is 277 g/mol. The lowest BCUT2D eigenvalue weighted by molar-refractivity contribution is 0.0936. The lowest BCUT2D eigenvalue weighted by Gasteiger charge is -2.23. The van der Waals surface area contributed by atoms with E-state index < -0.39 is 0 Å². The average molecular weight is 277 g/mol. The summed E-state index contributed by atoms with van der Waals surface area (Å²) in [5, 5.41) is 6.30. The molecule has 0 saturated carbocycles. The number of hydrogen-bond acceptors (Lipinski definition) is 3. The van der Waals surface area contributed by atoms with E-state index in [4.69, 9.17) is 0 Å². The number of rotatable bonds is 7. The Bertz CT molecular complexity index is 455. The molecule has 1 amide bonds. The molecule has 0 bridgehead atoms. The van der Waals surface area contributed by atoms with Crippen molar-refractivity contribution in [2.75, 3.05) is 18.4 Å². The summed E-state index contributed by atoms with van der Waals surface area (Å²) in [6.45, 7) is 12.0. The van der Waals surface area contributed by atoms with Crippen LogP contribution in [0.1, 0.15) is 56.6 Å². The van der Waals surface area contributed by atoms with Crippen molar-refractivity contribution in [2.45, 2.75) is 47.5 Å². The van der Waals surface area contributed by atoms with E-state index in [1.165, 1.54) is 0 Å². The predicted molar refractivity (Wildman–Crippen MR) is 84.2 cm³/mol. The van der Waals surface area contributed by atoms with Gasteiger partial charge in [0.2, 0.25) is 0 Å². The van der Waals surface area contributed by atoms with E-state index in [9.17, 15) is 4.79 Å². The van der Waals surface area contributed by atoms with E-state index in [2.05, 4.69) is 43.3 Å². The Labute approximate surface area is 122 Å². The van der Waals surface area contributed by atoms with Crippen LogP contribution in [0.4, 0.5) is 5.69 Å². The van der Waals surface area contributed by atoms with Crippen LogP contribution in [0.25, 0.3) is 0 Å². The van der Waals surface area contributed by atoms with Crippen LogP contribution in [0.5, 0.6) is 0 Å². The van der Waals surface area contributed by atoms with Gasteiger partial charge in [0.15, 0.2) is 0 Å². The van der Waals surface area contributed by atoms with Crippen molar-refractivity contribution in [2.24, 2.45) is 5.41 Å². The van der Waals surface area contributed by atoms with Gasteiger partial charge in [0.25, 0.3) is 5.91 Å². The molecule has 112 valence electrons. The molecule has 0 aliphatic rings. The first-order chi connectivity index (χ1) is 9.39. The molecule has 0 atom stereocenters.